The Morgan fingerprint density at radius 2 is 1.94 bits per heavy atom. The van der Waals surface area contributed by atoms with Crippen LogP contribution in [0.4, 0.5) is 13.9 Å². The second-order valence-corrected chi connectivity index (χ2v) is 8.18. The number of hydrogen-bond acceptors (Lipinski definition) is 6. The van der Waals surface area contributed by atoms with E-state index in [2.05, 4.69) is 10.2 Å². The molecule has 1 aliphatic rings. The van der Waals surface area contributed by atoms with E-state index >= 15 is 0 Å². The summed E-state index contributed by atoms with van der Waals surface area (Å²) >= 11 is 1.20. The van der Waals surface area contributed by atoms with Crippen molar-refractivity contribution in [3.63, 3.8) is 0 Å². The molecule has 0 spiro atoms. The second kappa shape index (κ2) is 7.35. The van der Waals surface area contributed by atoms with Gasteiger partial charge in [0, 0.05) is 12.0 Å². The van der Waals surface area contributed by atoms with Gasteiger partial charge in [-0.15, -0.1) is 10.2 Å². The Morgan fingerprint density at radius 1 is 1.13 bits per heavy atom. The zero-order chi connectivity index (χ0) is 21.7. The minimum absolute atomic E-state index is 0.0151. The number of nitrogens with zero attached hydrogens (tertiary/aromatic N) is 3. The van der Waals surface area contributed by atoms with Gasteiger partial charge in [0.25, 0.3) is 5.91 Å². The molecule has 1 amide bonds. The SMILES string of the molecule is CCCc1nnc(N2C(=O)c3oc4ccc(F)cc4c(=O)c3[C@H]2c2ccccc2F)s1. The third kappa shape index (κ3) is 3.04. The third-order valence-corrected chi connectivity index (χ3v) is 6.14. The van der Waals surface area contributed by atoms with Crippen molar-refractivity contribution in [2.75, 3.05) is 4.90 Å². The van der Waals surface area contributed by atoms with Gasteiger partial charge in [-0.05, 0) is 30.7 Å². The summed E-state index contributed by atoms with van der Waals surface area (Å²) in [7, 11) is 0. The van der Waals surface area contributed by atoms with E-state index in [0.29, 0.717) is 6.42 Å². The molecule has 3 heterocycles. The molecule has 2 aromatic heterocycles. The zero-order valence-corrected chi connectivity index (χ0v) is 17.1. The quantitative estimate of drug-likeness (QED) is 0.464. The Bertz CT molecular complexity index is 1400. The fourth-order valence-corrected chi connectivity index (χ4v) is 4.76. The highest BCUT2D eigenvalue weighted by atomic mass is 32.1. The molecule has 6 nitrogen and oxygen atoms in total. The molecule has 1 aliphatic heterocycles. The number of aryl methyl sites for hydroxylation is 1. The summed E-state index contributed by atoms with van der Waals surface area (Å²) in [6, 6.07) is 8.27. The number of benzene rings is 2. The van der Waals surface area contributed by atoms with E-state index in [1.165, 1.54) is 40.5 Å². The highest BCUT2D eigenvalue weighted by Gasteiger charge is 2.46. The van der Waals surface area contributed by atoms with Gasteiger partial charge in [0.15, 0.2) is 5.43 Å². The Labute approximate surface area is 178 Å². The molecule has 31 heavy (non-hydrogen) atoms. The number of fused-ring (bicyclic) bond motifs is 2. The fourth-order valence-electron chi connectivity index (χ4n) is 3.79. The summed E-state index contributed by atoms with van der Waals surface area (Å²) in [4.78, 5) is 27.9. The van der Waals surface area contributed by atoms with Gasteiger partial charge in [0.1, 0.15) is 28.3 Å². The first-order valence-electron chi connectivity index (χ1n) is 9.66. The van der Waals surface area contributed by atoms with Crippen LogP contribution in [-0.2, 0) is 6.42 Å². The predicted molar refractivity (Wildman–Crippen MR) is 111 cm³/mol. The fraction of sp³-hybridized carbons (Fsp3) is 0.182. The maximum absolute atomic E-state index is 14.8. The summed E-state index contributed by atoms with van der Waals surface area (Å²) in [6.07, 6.45) is 1.52. The monoisotopic (exact) mass is 439 g/mol. The van der Waals surface area contributed by atoms with Crippen molar-refractivity contribution in [1.82, 2.24) is 10.2 Å². The standard InChI is InChI=1S/C22H15F2N3O3S/c1-2-5-16-25-26-22(31-16)27-18(12-6-3-4-7-14(12)24)17-19(28)13-10-11(23)8-9-15(13)30-20(17)21(27)29/h3-4,6-10,18H,2,5H2,1H3/t18-/m1/s1. The highest BCUT2D eigenvalue weighted by molar-refractivity contribution is 7.15. The average Bonchev–Trinajstić information content (AvgIpc) is 3.32. The van der Waals surface area contributed by atoms with Crippen LogP contribution in [0.5, 0.6) is 0 Å². The number of hydrogen-bond donors (Lipinski definition) is 0. The molecule has 0 fully saturated rings. The second-order valence-electron chi connectivity index (χ2n) is 7.14. The van der Waals surface area contributed by atoms with Gasteiger partial charge in [0.2, 0.25) is 10.9 Å². The van der Waals surface area contributed by atoms with E-state index in [-0.39, 0.29) is 33.0 Å². The lowest BCUT2D eigenvalue weighted by Crippen LogP contribution is -2.30. The lowest BCUT2D eigenvalue weighted by molar-refractivity contribution is 0.0970. The van der Waals surface area contributed by atoms with Crippen molar-refractivity contribution in [1.29, 1.82) is 0 Å². The van der Waals surface area contributed by atoms with Crippen LogP contribution in [0.15, 0.2) is 51.7 Å². The summed E-state index contributed by atoms with van der Waals surface area (Å²) in [5.41, 5.74) is -0.431. The summed E-state index contributed by atoms with van der Waals surface area (Å²) in [6.45, 7) is 1.99. The number of rotatable bonds is 4. The van der Waals surface area contributed by atoms with Crippen molar-refractivity contribution in [3.05, 3.63) is 86.2 Å². The van der Waals surface area contributed by atoms with Crippen LogP contribution in [0, 0.1) is 11.6 Å². The Kier molecular flexibility index (Phi) is 4.62. The van der Waals surface area contributed by atoms with Crippen molar-refractivity contribution in [3.8, 4) is 0 Å². The van der Waals surface area contributed by atoms with Crippen molar-refractivity contribution >= 4 is 33.3 Å². The van der Waals surface area contributed by atoms with Gasteiger partial charge in [-0.1, -0.05) is 36.5 Å². The minimum atomic E-state index is -1.10. The van der Waals surface area contributed by atoms with Crippen LogP contribution < -0.4 is 10.3 Å². The molecule has 156 valence electrons. The summed E-state index contributed by atoms with van der Waals surface area (Å²) in [5, 5.41) is 9.17. The molecule has 9 heteroatoms. The molecule has 2 aromatic carbocycles. The molecule has 0 saturated heterocycles. The van der Waals surface area contributed by atoms with E-state index in [0.717, 1.165) is 23.6 Å². The molecule has 0 bridgehead atoms. The van der Waals surface area contributed by atoms with E-state index in [9.17, 15) is 18.4 Å². The number of carbonyl (C=O) groups is 1. The first-order chi connectivity index (χ1) is 15.0. The summed E-state index contributed by atoms with van der Waals surface area (Å²) in [5.74, 6) is -2.03. The lowest BCUT2D eigenvalue weighted by atomic mass is 9.98. The zero-order valence-electron chi connectivity index (χ0n) is 16.3. The smallest absolute Gasteiger partial charge is 0.297 e. The minimum Gasteiger partial charge on any atom is -0.450 e. The predicted octanol–water partition coefficient (Wildman–Crippen LogP) is 4.63. The van der Waals surface area contributed by atoms with Crippen molar-refractivity contribution in [2.24, 2.45) is 0 Å². The molecule has 4 aromatic rings. The Hall–Kier alpha value is -3.46. The first-order valence-corrected chi connectivity index (χ1v) is 10.5. The normalized spacial score (nSPS) is 15.6. The van der Waals surface area contributed by atoms with Gasteiger partial charge in [-0.3, -0.25) is 14.5 Å². The number of aromatic nitrogens is 2. The Balaban J connectivity index is 1.79. The maximum atomic E-state index is 14.8. The summed E-state index contributed by atoms with van der Waals surface area (Å²) < 4.78 is 34.4. The molecule has 0 radical (unpaired) electrons. The van der Waals surface area contributed by atoms with Crippen LogP contribution in [0.3, 0.4) is 0 Å². The molecule has 0 aliphatic carbocycles. The van der Waals surface area contributed by atoms with Gasteiger partial charge in [-0.25, -0.2) is 8.78 Å². The largest absolute Gasteiger partial charge is 0.450 e. The maximum Gasteiger partial charge on any atom is 0.297 e. The number of carbonyl (C=O) groups excluding carboxylic acids is 1. The topological polar surface area (TPSA) is 76.3 Å². The van der Waals surface area contributed by atoms with Crippen LogP contribution >= 0.6 is 11.3 Å². The van der Waals surface area contributed by atoms with Crippen molar-refractivity contribution < 1.29 is 18.0 Å². The van der Waals surface area contributed by atoms with Gasteiger partial charge < -0.3 is 4.42 Å². The van der Waals surface area contributed by atoms with E-state index in [1.807, 2.05) is 6.92 Å². The molecule has 0 saturated carbocycles. The van der Waals surface area contributed by atoms with Gasteiger partial charge in [0.05, 0.1) is 10.9 Å². The molecule has 5 rings (SSSR count). The molecule has 0 N–H and O–H groups in total. The average molecular weight is 439 g/mol. The van der Waals surface area contributed by atoms with Crippen LogP contribution in [0.25, 0.3) is 11.0 Å². The highest BCUT2D eigenvalue weighted by Crippen LogP contribution is 2.42. The van der Waals surface area contributed by atoms with Gasteiger partial charge in [-0.2, -0.15) is 0 Å². The molecular formula is C22H15F2N3O3S. The van der Waals surface area contributed by atoms with Crippen LogP contribution in [-0.4, -0.2) is 16.1 Å². The number of anilines is 1. The van der Waals surface area contributed by atoms with E-state index < -0.39 is 29.0 Å². The Morgan fingerprint density at radius 3 is 2.71 bits per heavy atom. The number of halogens is 2. The first kappa shape index (κ1) is 19.5. The van der Waals surface area contributed by atoms with E-state index in [4.69, 9.17) is 4.42 Å². The van der Waals surface area contributed by atoms with Gasteiger partial charge >= 0.3 is 0 Å². The lowest BCUT2D eigenvalue weighted by Gasteiger charge is -2.22. The van der Waals surface area contributed by atoms with Crippen LogP contribution in [0.2, 0.25) is 0 Å². The molecule has 0 unspecified atom stereocenters. The third-order valence-electron chi connectivity index (χ3n) is 5.16. The molecule has 1 atom stereocenters. The van der Waals surface area contributed by atoms with Crippen molar-refractivity contribution in [2.45, 2.75) is 25.8 Å². The number of amides is 1. The van der Waals surface area contributed by atoms with Crippen LogP contribution in [0.1, 0.15) is 46.1 Å². The van der Waals surface area contributed by atoms with E-state index in [1.54, 1.807) is 6.07 Å². The molecular weight excluding hydrogens is 424 g/mol.